The minimum atomic E-state index is -3.48. The molecule has 0 atom stereocenters. The van der Waals surface area contributed by atoms with Gasteiger partial charge in [-0.3, -0.25) is 0 Å². The van der Waals surface area contributed by atoms with Crippen molar-refractivity contribution in [1.82, 2.24) is 19.4 Å². The SMILES string of the molecule is CCCNC(=O)N1CCc2ccc(S(=O)(=O)N3CCN(C)CC3)cc2C1. The summed E-state index contributed by atoms with van der Waals surface area (Å²) in [6, 6.07) is 5.28. The van der Waals surface area contributed by atoms with E-state index in [1.807, 2.05) is 20.0 Å². The fourth-order valence-corrected chi connectivity index (χ4v) is 4.86. The van der Waals surface area contributed by atoms with Crippen LogP contribution in [0.3, 0.4) is 0 Å². The van der Waals surface area contributed by atoms with Crippen molar-refractivity contribution in [2.75, 3.05) is 46.3 Å². The number of nitrogens with zero attached hydrogens (tertiary/aromatic N) is 3. The van der Waals surface area contributed by atoms with E-state index in [4.69, 9.17) is 0 Å². The van der Waals surface area contributed by atoms with Crippen molar-refractivity contribution < 1.29 is 13.2 Å². The monoisotopic (exact) mass is 380 g/mol. The molecule has 1 aromatic rings. The van der Waals surface area contributed by atoms with E-state index in [-0.39, 0.29) is 6.03 Å². The first kappa shape index (κ1) is 19.1. The summed E-state index contributed by atoms with van der Waals surface area (Å²) < 4.78 is 27.5. The van der Waals surface area contributed by atoms with Crippen LogP contribution < -0.4 is 5.32 Å². The largest absolute Gasteiger partial charge is 0.338 e. The Morgan fingerprint density at radius 2 is 1.85 bits per heavy atom. The third-order valence-corrected chi connectivity index (χ3v) is 7.00. The van der Waals surface area contributed by atoms with Crippen LogP contribution in [0.5, 0.6) is 0 Å². The lowest BCUT2D eigenvalue weighted by atomic mass is 10.0. The van der Waals surface area contributed by atoms with Gasteiger partial charge in [-0.15, -0.1) is 0 Å². The van der Waals surface area contributed by atoms with E-state index in [0.717, 1.165) is 37.1 Å². The van der Waals surface area contributed by atoms with Crippen LogP contribution in [0.15, 0.2) is 23.1 Å². The Morgan fingerprint density at radius 1 is 1.12 bits per heavy atom. The number of benzene rings is 1. The predicted molar refractivity (Wildman–Crippen MR) is 101 cm³/mol. The van der Waals surface area contributed by atoms with Gasteiger partial charge in [0.1, 0.15) is 0 Å². The van der Waals surface area contributed by atoms with Crippen LogP contribution in [-0.2, 0) is 23.0 Å². The summed E-state index contributed by atoms with van der Waals surface area (Å²) in [6.45, 7) is 6.30. The second-order valence-corrected chi connectivity index (χ2v) is 8.98. The van der Waals surface area contributed by atoms with Gasteiger partial charge in [0.15, 0.2) is 0 Å². The molecule has 1 N–H and O–H groups in total. The Balaban J connectivity index is 1.77. The molecule has 1 saturated heterocycles. The van der Waals surface area contributed by atoms with Crippen molar-refractivity contribution in [2.45, 2.75) is 31.2 Å². The molecule has 8 heteroatoms. The normalized spacial score (nSPS) is 19.2. The topological polar surface area (TPSA) is 73.0 Å². The molecule has 2 heterocycles. The molecule has 0 radical (unpaired) electrons. The van der Waals surface area contributed by atoms with Gasteiger partial charge in [-0.25, -0.2) is 13.2 Å². The van der Waals surface area contributed by atoms with Crippen molar-refractivity contribution >= 4 is 16.1 Å². The summed E-state index contributed by atoms with van der Waals surface area (Å²) in [5.74, 6) is 0. The first-order valence-corrected chi connectivity index (χ1v) is 10.7. The lowest BCUT2D eigenvalue weighted by molar-refractivity contribution is 0.192. The van der Waals surface area contributed by atoms with Crippen molar-refractivity contribution in [2.24, 2.45) is 0 Å². The van der Waals surface area contributed by atoms with Crippen molar-refractivity contribution in [3.63, 3.8) is 0 Å². The van der Waals surface area contributed by atoms with Crippen molar-refractivity contribution in [1.29, 1.82) is 0 Å². The minimum absolute atomic E-state index is 0.0789. The molecule has 2 aliphatic heterocycles. The molecular weight excluding hydrogens is 352 g/mol. The predicted octanol–water partition coefficient (Wildman–Crippen LogP) is 1.10. The minimum Gasteiger partial charge on any atom is -0.338 e. The first-order valence-electron chi connectivity index (χ1n) is 9.25. The molecule has 26 heavy (non-hydrogen) atoms. The zero-order valence-corrected chi connectivity index (χ0v) is 16.4. The molecule has 3 rings (SSSR count). The molecule has 1 fully saturated rings. The highest BCUT2D eigenvalue weighted by molar-refractivity contribution is 7.89. The van der Waals surface area contributed by atoms with Gasteiger partial charge < -0.3 is 15.1 Å². The summed E-state index contributed by atoms with van der Waals surface area (Å²) in [6.07, 6.45) is 1.65. The second kappa shape index (κ2) is 7.94. The number of urea groups is 1. The highest BCUT2D eigenvalue weighted by atomic mass is 32.2. The number of hydrogen-bond acceptors (Lipinski definition) is 4. The molecule has 0 bridgehead atoms. The van der Waals surface area contributed by atoms with Gasteiger partial charge in [0.25, 0.3) is 0 Å². The fourth-order valence-electron chi connectivity index (χ4n) is 3.39. The Kier molecular flexibility index (Phi) is 5.84. The number of carbonyl (C=O) groups excluding carboxylic acids is 1. The summed E-state index contributed by atoms with van der Waals surface area (Å²) in [4.78, 5) is 16.4. The molecule has 0 aromatic heterocycles. The van der Waals surface area contributed by atoms with Gasteiger partial charge >= 0.3 is 6.03 Å². The molecule has 0 unspecified atom stereocenters. The molecule has 2 amide bonds. The number of likely N-dealkylation sites (N-methyl/N-ethyl adjacent to an activating group) is 1. The number of rotatable bonds is 4. The van der Waals surface area contributed by atoms with Crippen LogP contribution in [0.25, 0.3) is 0 Å². The van der Waals surface area contributed by atoms with Gasteiger partial charge in [0.2, 0.25) is 10.0 Å². The first-order chi connectivity index (χ1) is 12.4. The maximum atomic E-state index is 13.0. The van der Waals surface area contributed by atoms with E-state index in [0.29, 0.717) is 37.6 Å². The Labute approximate surface area is 156 Å². The Morgan fingerprint density at radius 3 is 2.54 bits per heavy atom. The molecule has 2 aliphatic rings. The van der Waals surface area contributed by atoms with E-state index in [1.54, 1.807) is 21.3 Å². The molecule has 0 aliphatic carbocycles. The number of piperazine rings is 1. The lowest BCUT2D eigenvalue weighted by Crippen LogP contribution is -2.47. The van der Waals surface area contributed by atoms with Crippen molar-refractivity contribution in [3.8, 4) is 0 Å². The van der Waals surface area contributed by atoms with Crippen LogP contribution in [0.2, 0.25) is 0 Å². The molecule has 1 aromatic carbocycles. The van der Waals surface area contributed by atoms with E-state index >= 15 is 0 Å². The number of nitrogens with one attached hydrogen (secondary N) is 1. The summed E-state index contributed by atoms with van der Waals surface area (Å²) in [7, 11) is -1.48. The zero-order valence-electron chi connectivity index (χ0n) is 15.6. The van der Waals surface area contributed by atoms with Crippen LogP contribution in [0.1, 0.15) is 24.5 Å². The summed E-state index contributed by atoms with van der Waals surface area (Å²) in [5.41, 5.74) is 2.06. The van der Waals surface area contributed by atoms with Crippen LogP contribution in [-0.4, -0.2) is 74.9 Å². The Hall–Kier alpha value is -1.64. The maximum absolute atomic E-state index is 13.0. The number of sulfonamides is 1. The third-order valence-electron chi connectivity index (χ3n) is 5.10. The molecular formula is C18H28N4O3S. The van der Waals surface area contributed by atoms with E-state index < -0.39 is 10.0 Å². The van der Waals surface area contributed by atoms with Gasteiger partial charge in [-0.1, -0.05) is 13.0 Å². The van der Waals surface area contributed by atoms with Gasteiger partial charge in [-0.05, 0) is 43.1 Å². The fraction of sp³-hybridized carbons (Fsp3) is 0.611. The van der Waals surface area contributed by atoms with Gasteiger partial charge in [0, 0.05) is 45.8 Å². The summed E-state index contributed by atoms with van der Waals surface area (Å²) in [5, 5.41) is 2.89. The summed E-state index contributed by atoms with van der Waals surface area (Å²) >= 11 is 0. The number of fused-ring (bicyclic) bond motifs is 1. The van der Waals surface area contributed by atoms with Crippen molar-refractivity contribution in [3.05, 3.63) is 29.3 Å². The third kappa shape index (κ3) is 4.02. The number of carbonyl (C=O) groups is 1. The van der Waals surface area contributed by atoms with E-state index in [1.165, 1.54) is 0 Å². The van der Waals surface area contributed by atoms with Crippen LogP contribution in [0, 0.1) is 0 Å². The zero-order chi connectivity index (χ0) is 18.7. The average Bonchev–Trinajstić information content (AvgIpc) is 2.65. The average molecular weight is 381 g/mol. The van der Waals surface area contributed by atoms with Gasteiger partial charge in [0.05, 0.1) is 4.90 Å². The van der Waals surface area contributed by atoms with E-state index in [2.05, 4.69) is 10.2 Å². The number of amides is 2. The number of hydrogen-bond donors (Lipinski definition) is 1. The molecule has 0 saturated carbocycles. The quantitative estimate of drug-likeness (QED) is 0.849. The Bertz CT molecular complexity index is 758. The smallest absolute Gasteiger partial charge is 0.317 e. The molecule has 144 valence electrons. The van der Waals surface area contributed by atoms with E-state index in [9.17, 15) is 13.2 Å². The standard InChI is InChI=1S/C18H28N4O3S/c1-3-7-19-18(23)21-8-6-15-4-5-17(13-16(15)14-21)26(24,25)22-11-9-20(2)10-12-22/h4-5,13H,3,6-12,14H2,1-2H3,(H,19,23). The van der Waals surface area contributed by atoms with Crippen LogP contribution >= 0.6 is 0 Å². The molecule has 7 nitrogen and oxygen atoms in total. The van der Waals surface area contributed by atoms with Crippen LogP contribution in [0.4, 0.5) is 4.79 Å². The van der Waals surface area contributed by atoms with Gasteiger partial charge in [-0.2, -0.15) is 4.31 Å². The lowest BCUT2D eigenvalue weighted by Gasteiger charge is -2.32. The molecule has 0 spiro atoms. The second-order valence-electron chi connectivity index (χ2n) is 7.04. The maximum Gasteiger partial charge on any atom is 0.317 e. The highest BCUT2D eigenvalue weighted by Crippen LogP contribution is 2.25. The highest BCUT2D eigenvalue weighted by Gasteiger charge is 2.29.